The second-order valence-electron chi connectivity index (χ2n) is 9.61. The fourth-order valence-electron chi connectivity index (χ4n) is 4.53. The molecule has 1 aliphatic rings. The van der Waals surface area contributed by atoms with Gasteiger partial charge in [-0.1, -0.05) is 95.7 Å². The van der Waals surface area contributed by atoms with Gasteiger partial charge in [0.25, 0.3) is 0 Å². The normalized spacial score (nSPS) is 22.8. The highest BCUT2D eigenvalue weighted by Crippen LogP contribution is 2.37. The number of ether oxygens (including phenoxy) is 5. The van der Waals surface area contributed by atoms with Gasteiger partial charge in [0, 0.05) is 16.7 Å². The third-order valence-electron chi connectivity index (χ3n) is 6.45. The zero-order chi connectivity index (χ0) is 28.9. The van der Waals surface area contributed by atoms with Crippen LogP contribution in [0.4, 0.5) is 0 Å². The molecule has 1 saturated heterocycles. The number of nitrogens with zero attached hydrogens (tertiary/aromatic N) is 3. The van der Waals surface area contributed by atoms with Gasteiger partial charge in [-0.05, 0) is 35.7 Å². The van der Waals surface area contributed by atoms with Crippen molar-refractivity contribution in [1.29, 1.82) is 0 Å². The van der Waals surface area contributed by atoms with Crippen LogP contribution >= 0.6 is 11.8 Å². The number of azide groups is 1. The Labute approximate surface area is 244 Å². The summed E-state index contributed by atoms with van der Waals surface area (Å²) in [5, 5.41) is 3.57. The smallest absolute Gasteiger partial charge is 0.302 e. The van der Waals surface area contributed by atoms with E-state index in [-0.39, 0.29) is 24.7 Å². The van der Waals surface area contributed by atoms with Crippen molar-refractivity contribution in [2.24, 2.45) is 5.11 Å². The lowest BCUT2D eigenvalue weighted by Gasteiger charge is -2.45. The van der Waals surface area contributed by atoms with Crippen LogP contribution in [0.25, 0.3) is 10.4 Å². The second-order valence-corrected chi connectivity index (χ2v) is 10.8. The SMILES string of the molecule is CC(=O)O[C@@H](CN=[N+]=[N-])CO[C@H]1[C@H](OCc2ccccc2)[C@@H](OCc2ccccc2)[C@H](Sc2ccccc2)O[C@@H]1C. The molecule has 0 bridgehead atoms. The number of hydrogen-bond acceptors (Lipinski definition) is 8. The van der Waals surface area contributed by atoms with Crippen molar-refractivity contribution < 1.29 is 28.5 Å². The van der Waals surface area contributed by atoms with Crippen LogP contribution in [0.1, 0.15) is 25.0 Å². The van der Waals surface area contributed by atoms with Gasteiger partial charge < -0.3 is 23.7 Å². The molecule has 3 aromatic carbocycles. The number of benzene rings is 3. The lowest BCUT2D eigenvalue weighted by Crippen LogP contribution is -2.59. The van der Waals surface area contributed by atoms with Crippen molar-refractivity contribution in [1.82, 2.24) is 0 Å². The highest BCUT2D eigenvalue weighted by atomic mass is 32.2. The Morgan fingerprint density at radius 3 is 2.00 bits per heavy atom. The zero-order valence-electron chi connectivity index (χ0n) is 23.2. The summed E-state index contributed by atoms with van der Waals surface area (Å²) in [6.45, 7) is 3.90. The molecule has 3 aromatic rings. The van der Waals surface area contributed by atoms with Crippen LogP contribution in [0.2, 0.25) is 0 Å². The van der Waals surface area contributed by atoms with Crippen molar-refractivity contribution in [2.75, 3.05) is 13.2 Å². The molecule has 0 saturated carbocycles. The molecule has 1 fully saturated rings. The zero-order valence-corrected chi connectivity index (χ0v) is 24.0. The number of carbonyl (C=O) groups excluding carboxylic acids is 1. The monoisotopic (exact) mass is 577 g/mol. The van der Waals surface area contributed by atoms with Crippen molar-refractivity contribution in [3.05, 3.63) is 113 Å². The van der Waals surface area contributed by atoms with Crippen LogP contribution in [0.5, 0.6) is 0 Å². The topological polar surface area (TPSA) is 112 Å². The molecule has 41 heavy (non-hydrogen) atoms. The second kappa shape index (κ2) is 16.2. The van der Waals surface area contributed by atoms with E-state index in [0.717, 1.165) is 16.0 Å². The maximum absolute atomic E-state index is 11.7. The van der Waals surface area contributed by atoms with E-state index < -0.39 is 30.4 Å². The Kier molecular flexibility index (Phi) is 12.1. The Morgan fingerprint density at radius 1 is 0.878 bits per heavy atom. The van der Waals surface area contributed by atoms with Crippen molar-refractivity contribution in [3.8, 4) is 0 Å². The Bertz CT molecular complexity index is 1240. The fourth-order valence-corrected chi connectivity index (χ4v) is 5.72. The third kappa shape index (κ3) is 9.60. The van der Waals surface area contributed by atoms with Gasteiger partial charge >= 0.3 is 5.97 Å². The minimum Gasteiger partial charge on any atom is -0.460 e. The lowest BCUT2D eigenvalue weighted by molar-refractivity contribution is -0.244. The number of thioether (sulfide) groups is 1. The van der Waals surface area contributed by atoms with Gasteiger partial charge in [0.15, 0.2) is 0 Å². The minimum atomic E-state index is -0.745. The molecule has 0 spiro atoms. The summed E-state index contributed by atoms with van der Waals surface area (Å²) in [5.41, 5.74) is 10.4. The molecule has 9 nitrogen and oxygen atoms in total. The van der Waals surface area contributed by atoms with E-state index in [9.17, 15) is 4.79 Å². The average Bonchev–Trinajstić information content (AvgIpc) is 2.99. The Balaban J connectivity index is 1.60. The summed E-state index contributed by atoms with van der Waals surface area (Å²) in [6, 6.07) is 29.9. The van der Waals surface area contributed by atoms with E-state index in [1.54, 1.807) is 11.8 Å². The molecule has 0 radical (unpaired) electrons. The highest BCUT2D eigenvalue weighted by Gasteiger charge is 2.47. The molecule has 10 heteroatoms. The van der Waals surface area contributed by atoms with Crippen LogP contribution < -0.4 is 0 Å². The molecule has 0 amide bonds. The van der Waals surface area contributed by atoms with Gasteiger partial charge in [0.2, 0.25) is 0 Å². The largest absolute Gasteiger partial charge is 0.460 e. The van der Waals surface area contributed by atoms with Gasteiger partial charge in [-0.15, -0.1) is 0 Å². The maximum Gasteiger partial charge on any atom is 0.302 e. The Morgan fingerprint density at radius 2 is 1.44 bits per heavy atom. The van der Waals surface area contributed by atoms with Crippen molar-refractivity contribution >= 4 is 17.7 Å². The van der Waals surface area contributed by atoms with Gasteiger partial charge in [0.1, 0.15) is 29.9 Å². The van der Waals surface area contributed by atoms with Crippen LogP contribution in [0.15, 0.2) is 101 Å². The molecular weight excluding hydrogens is 542 g/mol. The summed E-state index contributed by atoms with van der Waals surface area (Å²) >= 11 is 1.58. The third-order valence-corrected chi connectivity index (χ3v) is 7.60. The number of carbonyl (C=O) groups is 1. The first-order chi connectivity index (χ1) is 20.0. The van der Waals surface area contributed by atoms with E-state index in [0.29, 0.717) is 13.2 Å². The van der Waals surface area contributed by atoms with Crippen molar-refractivity contribution in [2.45, 2.75) is 67.9 Å². The summed E-state index contributed by atoms with van der Waals surface area (Å²) in [5.74, 6) is -0.486. The molecule has 0 unspecified atom stereocenters. The molecule has 6 atom stereocenters. The number of esters is 1. The van der Waals surface area contributed by atoms with Gasteiger partial charge in [-0.25, -0.2) is 0 Å². The molecule has 216 valence electrons. The predicted molar refractivity (Wildman–Crippen MR) is 156 cm³/mol. The van der Waals surface area contributed by atoms with E-state index in [2.05, 4.69) is 10.0 Å². The van der Waals surface area contributed by atoms with Gasteiger partial charge in [-0.3, -0.25) is 4.79 Å². The van der Waals surface area contributed by atoms with Crippen LogP contribution in [0.3, 0.4) is 0 Å². The van der Waals surface area contributed by atoms with Crippen LogP contribution in [-0.4, -0.2) is 55.1 Å². The molecule has 4 rings (SSSR count). The molecule has 0 aromatic heterocycles. The predicted octanol–water partition coefficient (Wildman–Crippen LogP) is 6.32. The van der Waals surface area contributed by atoms with Gasteiger partial charge in [-0.2, -0.15) is 0 Å². The quantitative estimate of drug-likeness (QED) is 0.0953. The highest BCUT2D eigenvalue weighted by molar-refractivity contribution is 7.99. The number of hydrogen-bond donors (Lipinski definition) is 0. The van der Waals surface area contributed by atoms with Crippen LogP contribution in [0, 0.1) is 0 Å². The average molecular weight is 578 g/mol. The molecule has 1 heterocycles. The van der Waals surface area contributed by atoms with E-state index in [4.69, 9.17) is 29.2 Å². The maximum atomic E-state index is 11.7. The van der Waals surface area contributed by atoms with E-state index >= 15 is 0 Å². The van der Waals surface area contributed by atoms with Gasteiger partial charge in [0.05, 0.1) is 32.5 Å². The minimum absolute atomic E-state index is 0.00403. The van der Waals surface area contributed by atoms with E-state index in [1.807, 2.05) is 97.9 Å². The molecule has 0 aliphatic carbocycles. The van der Waals surface area contributed by atoms with E-state index in [1.165, 1.54) is 6.92 Å². The number of rotatable bonds is 14. The summed E-state index contributed by atoms with van der Waals surface area (Å²) in [6.07, 6.45) is -2.72. The molecular formula is C31H35N3O6S. The Hall–Kier alpha value is -3.37. The summed E-state index contributed by atoms with van der Waals surface area (Å²) < 4.78 is 31.3. The first-order valence-corrected chi connectivity index (χ1v) is 14.4. The van der Waals surface area contributed by atoms with Crippen molar-refractivity contribution in [3.63, 3.8) is 0 Å². The first-order valence-electron chi connectivity index (χ1n) is 13.5. The fraction of sp³-hybridized carbons (Fsp3) is 0.387. The first kappa shape index (κ1) is 30.6. The lowest BCUT2D eigenvalue weighted by atomic mass is 9.99. The summed E-state index contributed by atoms with van der Waals surface area (Å²) in [4.78, 5) is 15.5. The molecule has 0 N–H and O–H groups in total. The van der Waals surface area contributed by atoms with Crippen LogP contribution in [-0.2, 0) is 41.7 Å². The molecule has 1 aliphatic heterocycles. The summed E-state index contributed by atoms with van der Waals surface area (Å²) in [7, 11) is 0. The standard InChI is InChI=1S/C31H35N3O6S/c1-22-28(38-21-26(18-33-34-32)40-23(2)35)29(36-19-24-12-6-3-7-13-24)30(37-20-25-14-8-4-9-15-25)31(39-22)41-27-16-10-5-11-17-27/h3-17,22,26,28-31H,18-21H2,1-2H3/t22-,26+,28-,29+,30-,31+/m1/s1.